The zero-order valence-corrected chi connectivity index (χ0v) is 17.4. The van der Waals surface area contributed by atoms with E-state index in [0.717, 1.165) is 12.1 Å². The predicted octanol–water partition coefficient (Wildman–Crippen LogP) is 2.75. The highest BCUT2D eigenvalue weighted by Crippen LogP contribution is 2.25. The molecule has 9 nitrogen and oxygen atoms in total. The van der Waals surface area contributed by atoms with Crippen molar-refractivity contribution in [2.75, 3.05) is 18.0 Å². The van der Waals surface area contributed by atoms with Gasteiger partial charge in [0.1, 0.15) is 5.82 Å². The van der Waals surface area contributed by atoms with Gasteiger partial charge >= 0.3 is 6.03 Å². The zero-order valence-electron chi connectivity index (χ0n) is 16.6. The highest BCUT2D eigenvalue weighted by Gasteiger charge is 2.21. The molecule has 0 bridgehead atoms. The van der Waals surface area contributed by atoms with Crippen LogP contribution in [0.3, 0.4) is 0 Å². The molecule has 1 aromatic carbocycles. The lowest BCUT2D eigenvalue weighted by Gasteiger charge is -2.27. The summed E-state index contributed by atoms with van der Waals surface area (Å²) in [5, 5.41) is 3.31. The lowest BCUT2D eigenvalue weighted by molar-refractivity contribution is 0.243. The normalized spacial score (nSPS) is 14.1. The van der Waals surface area contributed by atoms with E-state index in [9.17, 15) is 9.59 Å². The van der Waals surface area contributed by atoms with Crippen LogP contribution in [0.15, 0.2) is 53.7 Å². The number of rotatable bonds is 3. The van der Waals surface area contributed by atoms with E-state index in [-0.39, 0.29) is 11.6 Å². The molecule has 2 amide bonds. The monoisotopic (exact) mass is 435 g/mol. The van der Waals surface area contributed by atoms with E-state index in [1.807, 2.05) is 24.3 Å². The molecule has 0 aliphatic carbocycles. The molecule has 0 unspecified atom stereocenters. The number of aryl methyl sites for hydroxylation is 1. The number of nitrogens with zero attached hydrogens (tertiary/aromatic N) is 6. The van der Waals surface area contributed by atoms with Crippen molar-refractivity contribution in [2.45, 2.75) is 6.42 Å². The summed E-state index contributed by atoms with van der Waals surface area (Å²) in [5.74, 6) is 0.806. The summed E-state index contributed by atoms with van der Waals surface area (Å²) >= 11 is 5.98. The average molecular weight is 436 g/mol. The quantitative estimate of drug-likeness (QED) is 0.533. The fourth-order valence-corrected chi connectivity index (χ4v) is 3.78. The third-order valence-electron chi connectivity index (χ3n) is 5.20. The summed E-state index contributed by atoms with van der Waals surface area (Å²) in [6.45, 7) is 1.34. The molecule has 0 atom stereocenters. The van der Waals surface area contributed by atoms with E-state index in [1.54, 1.807) is 35.0 Å². The molecule has 156 valence electrons. The minimum atomic E-state index is -0.283. The number of halogens is 1. The Bertz CT molecular complexity index is 1340. The molecule has 31 heavy (non-hydrogen) atoms. The second-order valence-electron chi connectivity index (χ2n) is 7.22. The molecule has 1 aliphatic rings. The number of fused-ring (bicyclic) bond motifs is 1. The van der Waals surface area contributed by atoms with Crippen molar-refractivity contribution in [1.29, 1.82) is 0 Å². The smallest absolute Gasteiger partial charge is 0.321 e. The maximum atomic E-state index is 13.4. The Hall–Kier alpha value is -3.72. The Morgan fingerprint density at radius 1 is 1.06 bits per heavy atom. The standard InChI is InChI=1S/C21H18ClN7O2/c1-27-12-25-18-17(27)20(30)29(16-8-5-14(22)11-24-16)19(26-18)13-3-6-15(7-4-13)28-10-2-9-23-21(28)31/h3-8,11-12H,2,9-10H2,1H3,(H,23,31). The van der Waals surface area contributed by atoms with Crippen LogP contribution >= 0.6 is 11.6 Å². The number of anilines is 1. The van der Waals surface area contributed by atoms with Gasteiger partial charge in [-0.15, -0.1) is 0 Å². The molecular weight excluding hydrogens is 418 g/mol. The second kappa shape index (κ2) is 7.51. The van der Waals surface area contributed by atoms with E-state index >= 15 is 0 Å². The fraction of sp³-hybridized carbons (Fsp3) is 0.190. The Morgan fingerprint density at radius 2 is 1.87 bits per heavy atom. The van der Waals surface area contributed by atoms with Gasteiger partial charge in [-0.2, -0.15) is 0 Å². The summed E-state index contributed by atoms with van der Waals surface area (Å²) in [6.07, 6.45) is 3.92. The molecule has 0 radical (unpaired) electrons. The van der Waals surface area contributed by atoms with Crippen molar-refractivity contribution in [3.8, 4) is 17.2 Å². The molecule has 0 spiro atoms. The average Bonchev–Trinajstić information content (AvgIpc) is 3.16. The number of amides is 2. The molecule has 4 heterocycles. The van der Waals surface area contributed by atoms with Crippen LogP contribution in [0, 0.1) is 0 Å². The molecule has 0 saturated carbocycles. The van der Waals surface area contributed by atoms with Gasteiger partial charge in [-0.3, -0.25) is 9.69 Å². The first-order valence-corrected chi connectivity index (χ1v) is 10.1. The second-order valence-corrected chi connectivity index (χ2v) is 7.66. The van der Waals surface area contributed by atoms with Crippen LogP contribution in [-0.4, -0.2) is 43.2 Å². The molecule has 4 aromatic rings. The first kappa shape index (κ1) is 19.3. The SMILES string of the molecule is Cn1cnc2nc(-c3ccc(N4CCCNC4=O)cc3)n(-c3ccc(Cl)cn3)c(=O)c21. The number of hydrogen-bond donors (Lipinski definition) is 1. The number of benzene rings is 1. The summed E-state index contributed by atoms with van der Waals surface area (Å²) in [5.41, 5.74) is 1.92. The van der Waals surface area contributed by atoms with Gasteiger partial charge < -0.3 is 9.88 Å². The van der Waals surface area contributed by atoms with Crippen LogP contribution in [0.2, 0.25) is 5.02 Å². The number of nitrogens with one attached hydrogen (secondary N) is 1. The van der Waals surface area contributed by atoms with Gasteiger partial charge in [-0.25, -0.2) is 24.3 Å². The minimum Gasteiger partial charge on any atom is -0.338 e. The predicted molar refractivity (Wildman–Crippen MR) is 118 cm³/mol. The number of imidazole rings is 1. The molecule has 1 N–H and O–H groups in total. The maximum absolute atomic E-state index is 13.4. The van der Waals surface area contributed by atoms with Gasteiger partial charge in [0.15, 0.2) is 17.0 Å². The van der Waals surface area contributed by atoms with Crippen LogP contribution in [0.25, 0.3) is 28.4 Å². The summed E-state index contributed by atoms with van der Waals surface area (Å²) in [4.78, 5) is 40.4. The van der Waals surface area contributed by atoms with Crippen LogP contribution in [0.1, 0.15) is 6.42 Å². The van der Waals surface area contributed by atoms with Gasteiger partial charge in [-0.1, -0.05) is 11.6 Å². The molecule has 1 fully saturated rings. The molecule has 3 aromatic heterocycles. The van der Waals surface area contributed by atoms with Gasteiger partial charge in [0.2, 0.25) is 0 Å². The zero-order chi connectivity index (χ0) is 21.5. The summed E-state index contributed by atoms with van der Waals surface area (Å²) in [6, 6.07) is 10.6. The van der Waals surface area contributed by atoms with Gasteiger partial charge in [-0.05, 0) is 42.8 Å². The number of carbonyl (C=O) groups excluding carboxylic acids is 1. The van der Waals surface area contributed by atoms with Crippen molar-refractivity contribution >= 4 is 34.5 Å². The first-order valence-electron chi connectivity index (χ1n) is 9.75. The number of aromatic nitrogens is 5. The van der Waals surface area contributed by atoms with E-state index < -0.39 is 0 Å². The molecule has 1 saturated heterocycles. The highest BCUT2D eigenvalue weighted by atomic mass is 35.5. The van der Waals surface area contributed by atoms with Crippen molar-refractivity contribution < 1.29 is 4.79 Å². The van der Waals surface area contributed by atoms with Crippen molar-refractivity contribution in [1.82, 2.24) is 29.4 Å². The van der Waals surface area contributed by atoms with Crippen molar-refractivity contribution in [3.63, 3.8) is 0 Å². The summed E-state index contributed by atoms with van der Waals surface area (Å²) < 4.78 is 3.09. The van der Waals surface area contributed by atoms with Gasteiger partial charge in [0.05, 0.1) is 11.3 Å². The van der Waals surface area contributed by atoms with Gasteiger partial charge in [0.25, 0.3) is 5.56 Å². The maximum Gasteiger partial charge on any atom is 0.321 e. The number of hydrogen-bond acceptors (Lipinski definition) is 5. The van der Waals surface area contributed by atoms with E-state index in [0.29, 0.717) is 46.5 Å². The van der Waals surface area contributed by atoms with Crippen molar-refractivity contribution in [3.05, 3.63) is 64.3 Å². The lowest BCUT2D eigenvalue weighted by atomic mass is 10.1. The third kappa shape index (κ3) is 3.32. The molecule has 10 heteroatoms. The molecular formula is C21H18ClN7O2. The number of urea groups is 1. The molecule has 1 aliphatic heterocycles. The van der Waals surface area contributed by atoms with E-state index in [1.165, 1.54) is 10.8 Å². The Labute approximate surface area is 181 Å². The van der Waals surface area contributed by atoms with Crippen LogP contribution in [0.5, 0.6) is 0 Å². The van der Waals surface area contributed by atoms with Crippen LogP contribution < -0.4 is 15.8 Å². The Kier molecular flexibility index (Phi) is 4.67. The topological polar surface area (TPSA) is 97.9 Å². The van der Waals surface area contributed by atoms with Crippen LogP contribution in [-0.2, 0) is 7.05 Å². The fourth-order valence-electron chi connectivity index (χ4n) is 3.67. The van der Waals surface area contributed by atoms with Gasteiger partial charge in [0, 0.05) is 37.6 Å². The Morgan fingerprint density at radius 3 is 2.58 bits per heavy atom. The Balaban J connectivity index is 1.67. The minimum absolute atomic E-state index is 0.116. The highest BCUT2D eigenvalue weighted by molar-refractivity contribution is 6.30. The lowest BCUT2D eigenvalue weighted by Crippen LogP contribution is -2.46. The number of carbonyl (C=O) groups is 1. The van der Waals surface area contributed by atoms with E-state index in [4.69, 9.17) is 11.6 Å². The molecule has 5 rings (SSSR count). The van der Waals surface area contributed by atoms with Crippen LogP contribution in [0.4, 0.5) is 10.5 Å². The van der Waals surface area contributed by atoms with Crippen molar-refractivity contribution in [2.24, 2.45) is 7.05 Å². The third-order valence-corrected chi connectivity index (χ3v) is 5.43. The first-order chi connectivity index (χ1) is 15.0. The largest absolute Gasteiger partial charge is 0.338 e. The number of pyridine rings is 1. The van der Waals surface area contributed by atoms with E-state index in [2.05, 4.69) is 20.3 Å². The summed E-state index contributed by atoms with van der Waals surface area (Å²) in [7, 11) is 1.75.